The molecule has 1 fully saturated rings. The summed E-state index contributed by atoms with van der Waals surface area (Å²) in [7, 11) is 2.13. The Morgan fingerprint density at radius 3 is 2.43 bits per heavy atom. The van der Waals surface area contributed by atoms with Crippen LogP contribution in [0.4, 0.5) is 0 Å². The highest BCUT2D eigenvalue weighted by molar-refractivity contribution is 4.90. The van der Waals surface area contributed by atoms with Crippen molar-refractivity contribution in [3.63, 3.8) is 0 Å². The summed E-state index contributed by atoms with van der Waals surface area (Å²) >= 11 is 0. The molecule has 0 saturated heterocycles. The lowest BCUT2D eigenvalue weighted by Gasteiger charge is -2.44. The van der Waals surface area contributed by atoms with Crippen LogP contribution < -0.4 is 5.32 Å². The molecule has 1 nitrogen and oxygen atoms in total. The minimum absolute atomic E-state index is 0.508. The minimum atomic E-state index is 0.508. The third-order valence-electron chi connectivity index (χ3n) is 4.40. The van der Waals surface area contributed by atoms with Crippen LogP contribution in [-0.4, -0.2) is 13.1 Å². The van der Waals surface area contributed by atoms with Gasteiger partial charge in [0.05, 0.1) is 0 Å². The lowest BCUT2D eigenvalue weighted by molar-refractivity contribution is 0.0946. The zero-order chi connectivity index (χ0) is 10.8. The molecule has 0 bridgehead atoms. The van der Waals surface area contributed by atoms with Crippen molar-refractivity contribution in [2.75, 3.05) is 7.05 Å². The van der Waals surface area contributed by atoms with Gasteiger partial charge in [-0.25, -0.2) is 0 Å². The van der Waals surface area contributed by atoms with Crippen LogP contribution in [0.15, 0.2) is 0 Å². The fourth-order valence-electron chi connectivity index (χ4n) is 2.90. The molecule has 0 spiro atoms. The normalized spacial score (nSPS) is 34.5. The molecule has 1 aliphatic rings. The molecule has 0 aromatic heterocycles. The molecule has 14 heavy (non-hydrogen) atoms. The van der Waals surface area contributed by atoms with E-state index in [1.807, 2.05) is 0 Å². The fourth-order valence-corrected chi connectivity index (χ4v) is 2.90. The molecular formula is C13H27N. The van der Waals surface area contributed by atoms with Crippen molar-refractivity contribution < 1.29 is 0 Å². The van der Waals surface area contributed by atoms with Crippen LogP contribution in [0.5, 0.6) is 0 Å². The van der Waals surface area contributed by atoms with Gasteiger partial charge in [-0.05, 0) is 37.1 Å². The molecule has 1 N–H and O–H groups in total. The monoisotopic (exact) mass is 197 g/mol. The highest BCUT2D eigenvalue weighted by Gasteiger charge is 2.36. The molecule has 0 heterocycles. The molecule has 1 heteroatoms. The van der Waals surface area contributed by atoms with E-state index < -0.39 is 0 Å². The fraction of sp³-hybridized carbons (Fsp3) is 1.00. The van der Waals surface area contributed by atoms with Gasteiger partial charge in [-0.3, -0.25) is 0 Å². The molecular weight excluding hydrogens is 170 g/mol. The number of rotatable bonds is 3. The summed E-state index contributed by atoms with van der Waals surface area (Å²) < 4.78 is 0. The molecule has 1 rings (SSSR count). The van der Waals surface area contributed by atoms with E-state index in [-0.39, 0.29) is 0 Å². The van der Waals surface area contributed by atoms with E-state index in [1.54, 1.807) is 0 Å². The topological polar surface area (TPSA) is 12.0 Å². The van der Waals surface area contributed by atoms with E-state index in [9.17, 15) is 0 Å². The summed E-state index contributed by atoms with van der Waals surface area (Å²) in [6.45, 7) is 9.57. The number of nitrogens with one attached hydrogen (secondary N) is 1. The molecule has 0 aromatic rings. The van der Waals surface area contributed by atoms with Crippen molar-refractivity contribution >= 4 is 0 Å². The molecule has 0 amide bonds. The summed E-state index contributed by atoms with van der Waals surface area (Å²) in [6.07, 6.45) is 5.49. The zero-order valence-corrected chi connectivity index (χ0v) is 10.6. The standard InChI is InChI=1S/C13H27N/c1-6-13(3,4)11-8-7-10(2)9-12(11)14-5/h10-12,14H,6-9H2,1-5H3. The first-order chi connectivity index (χ1) is 6.51. The average molecular weight is 197 g/mol. The van der Waals surface area contributed by atoms with Crippen LogP contribution >= 0.6 is 0 Å². The van der Waals surface area contributed by atoms with Gasteiger partial charge < -0.3 is 5.32 Å². The van der Waals surface area contributed by atoms with Crippen molar-refractivity contribution in [2.24, 2.45) is 17.3 Å². The minimum Gasteiger partial charge on any atom is -0.317 e. The van der Waals surface area contributed by atoms with Crippen LogP contribution in [0.2, 0.25) is 0 Å². The molecule has 0 aromatic carbocycles. The first-order valence-electron chi connectivity index (χ1n) is 6.18. The summed E-state index contributed by atoms with van der Waals surface area (Å²) in [5, 5.41) is 3.52. The number of hydrogen-bond donors (Lipinski definition) is 1. The molecule has 3 unspecified atom stereocenters. The van der Waals surface area contributed by atoms with Gasteiger partial charge in [0, 0.05) is 6.04 Å². The van der Waals surface area contributed by atoms with Crippen LogP contribution in [0.3, 0.4) is 0 Å². The van der Waals surface area contributed by atoms with Gasteiger partial charge in [0.15, 0.2) is 0 Å². The Hall–Kier alpha value is -0.0400. The van der Waals surface area contributed by atoms with Crippen LogP contribution in [0.1, 0.15) is 53.4 Å². The Labute approximate surface area is 89.7 Å². The lowest BCUT2D eigenvalue weighted by atomic mass is 9.65. The molecule has 0 aliphatic heterocycles. The van der Waals surface area contributed by atoms with Crippen molar-refractivity contribution in [1.82, 2.24) is 5.32 Å². The highest BCUT2D eigenvalue weighted by atomic mass is 14.9. The summed E-state index contributed by atoms with van der Waals surface area (Å²) in [4.78, 5) is 0. The first kappa shape index (κ1) is 12.0. The third-order valence-corrected chi connectivity index (χ3v) is 4.40. The highest BCUT2D eigenvalue weighted by Crippen LogP contribution is 2.41. The second kappa shape index (κ2) is 4.65. The molecule has 0 radical (unpaired) electrons. The smallest absolute Gasteiger partial charge is 0.00999 e. The van der Waals surface area contributed by atoms with Gasteiger partial charge in [0.25, 0.3) is 0 Å². The average Bonchev–Trinajstić information content (AvgIpc) is 2.17. The van der Waals surface area contributed by atoms with Gasteiger partial charge in [-0.15, -0.1) is 0 Å². The predicted octanol–water partition coefficient (Wildman–Crippen LogP) is 3.45. The Balaban J connectivity index is 2.67. The summed E-state index contributed by atoms with van der Waals surface area (Å²) in [5.41, 5.74) is 0.508. The maximum atomic E-state index is 3.52. The molecule has 1 aliphatic carbocycles. The van der Waals surface area contributed by atoms with Crippen molar-refractivity contribution in [3.8, 4) is 0 Å². The SMILES string of the molecule is CCC(C)(C)C1CCC(C)CC1NC. The van der Waals surface area contributed by atoms with Gasteiger partial charge in [0.1, 0.15) is 0 Å². The van der Waals surface area contributed by atoms with Crippen molar-refractivity contribution in [3.05, 3.63) is 0 Å². The third kappa shape index (κ3) is 2.50. The predicted molar refractivity (Wildman–Crippen MR) is 63.4 cm³/mol. The molecule has 84 valence electrons. The first-order valence-corrected chi connectivity index (χ1v) is 6.18. The van der Waals surface area contributed by atoms with Crippen LogP contribution in [0.25, 0.3) is 0 Å². The van der Waals surface area contributed by atoms with Gasteiger partial charge >= 0.3 is 0 Å². The van der Waals surface area contributed by atoms with Crippen molar-refractivity contribution in [2.45, 2.75) is 59.4 Å². The van der Waals surface area contributed by atoms with Gasteiger partial charge in [-0.2, -0.15) is 0 Å². The number of hydrogen-bond acceptors (Lipinski definition) is 1. The second-order valence-corrected chi connectivity index (χ2v) is 5.76. The zero-order valence-electron chi connectivity index (χ0n) is 10.6. The van der Waals surface area contributed by atoms with Crippen LogP contribution in [-0.2, 0) is 0 Å². The van der Waals surface area contributed by atoms with Gasteiger partial charge in [0.2, 0.25) is 0 Å². The van der Waals surface area contributed by atoms with Crippen molar-refractivity contribution in [1.29, 1.82) is 0 Å². The van der Waals surface area contributed by atoms with E-state index >= 15 is 0 Å². The summed E-state index contributed by atoms with van der Waals surface area (Å²) in [5.74, 6) is 1.78. The van der Waals surface area contributed by atoms with E-state index in [4.69, 9.17) is 0 Å². The lowest BCUT2D eigenvalue weighted by Crippen LogP contribution is -2.45. The summed E-state index contributed by atoms with van der Waals surface area (Å²) in [6, 6.07) is 0.744. The largest absolute Gasteiger partial charge is 0.317 e. The van der Waals surface area contributed by atoms with Crippen LogP contribution in [0, 0.1) is 17.3 Å². The second-order valence-electron chi connectivity index (χ2n) is 5.76. The Morgan fingerprint density at radius 2 is 1.93 bits per heavy atom. The molecule has 3 atom stereocenters. The van der Waals surface area contributed by atoms with E-state index in [0.717, 1.165) is 17.9 Å². The van der Waals surface area contributed by atoms with E-state index in [2.05, 4.69) is 40.1 Å². The quantitative estimate of drug-likeness (QED) is 0.731. The maximum absolute atomic E-state index is 3.52. The van der Waals surface area contributed by atoms with E-state index in [0.29, 0.717) is 5.41 Å². The van der Waals surface area contributed by atoms with E-state index in [1.165, 1.54) is 25.7 Å². The Bertz CT molecular complexity index is 174. The van der Waals surface area contributed by atoms with Gasteiger partial charge in [-0.1, -0.05) is 40.5 Å². The Morgan fingerprint density at radius 1 is 1.29 bits per heavy atom. The maximum Gasteiger partial charge on any atom is 0.00999 e. The molecule has 1 saturated carbocycles. The Kier molecular flexibility index (Phi) is 4.00.